The molecule has 0 saturated heterocycles. The molecule has 32 heavy (non-hydrogen) atoms. The highest BCUT2D eigenvalue weighted by atomic mass is 35.5. The van der Waals surface area contributed by atoms with E-state index in [0.29, 0.717) is 42.4 Å². The van der Waals surface area contributed by atoms with E-state index in [9.17, 15) is 4.79 Å². The van der Waals surface area contributed by atoms with Gasteiger partial charge in [0.25, 0.3) is 5.91 Å². The van der Waals surface area contributed by atoms with E-state index in [-0.39, 0.29) is 11.2 Å². The summed E-state index contributed by atoms with van der Waals surface area (Å²) in [5.74, 6) is 0.743. The van der Waals surface area contributed by atoms with Crippen LogP contribution >= 0.6 is 23.4 Å². The second kappa shape index (κ2) is 9.20. The molecule has 0 atom stereocenters. The van der Waals surface area contributed by atoms with Crippen molar-refractivity contribution < 1.29 is 9.53 Å². The quantitative estimate of drug-likeness (QED) is 0.451. The van der Waals surface area contributed by atoms with E-state index >= 15 is 0 Å². The van der Waals surface area contributed by atoms with E-state index in [1.165, 1.54) is 0 Å². The number of ether oxygens (including phenoxy) is 1. The largest absolute Gasteiger partial charge is 0.376 e. The Labute approximate surface area is 193 Å². The van der Waals surface area contributed by atoms with Gasteiger partial charge < -0.3 is 10.1 Å². The second-order valence-corrected chi connectivity index (χ2v) is 8.66. The van der Waals surface area contributed by atoms with Crippen LogP contribution in [0.5, 0.6) is 0 Å². The molecule has 9 heteroatoms. The number of fused-ring (bicyclic) bond motifs is 2. The lowest BCUT2D eigenvalue weighted by molar-refractivity contribution is 0.0950. The monoisotopic (exact) mass is 463 g/mol. The molecule has 5 rings (SSSR count). The third-order valence-corrected chi connectivity index (χ3v) is 6.26. The third kappa shape index (κ3) is 4.57. The Morgan fingerprint density at radius 3 is 2.91 bits per heavy atom. The fourth-order valence-electron chi connectivity index (χ4n) is 3.39. The van der Waals surface area contributed by atoms with Gasteiger partial charge in [-0.1, -0.05) is 6.07 Å². The third-order valence-electron chi connectivity index (χ3n) is 5.02. The highest BCUT2D eigenvalue weighted by Crippen LogP contribution is 2.27. The number of nitrogens with one attached hydrogen (secondary N) is 1. The number of pyridine rings is 2. The van der Waals surface area contributed by atoms with Gasteiger partial charge in [-0.15, -0.1) is 11.8 Å². The lowest BCUT2D eigenvalue weighted by atomic mass is 10.1. The molecule has 4 aromatic rings. The minimum atomic E-state index is -0.141. The molecule has 0 saturated carbocycles. The van der Waals surface area contributed by atoms with Crippen molar-refractivity contribution in [3.8, 4) is 11.4 Å². The number of nitrogens with zero attached hydrogens (tertiary/aromatic N) is 4. The zero-order valence-electron chi connectivity index (χ0n) is 16.9. The summed E-state index contributed by atoms with van der Waals surface area (Å²) in [5, 5.41) is 4.02. The lowest BCUT2D eigenvalue weighted by Crippen LogP contribution is -2.23. The first-order valence-corrected chi connectivity index (χ1v) is 11.4. The first kappa shape index (κ1) is 20.8. The van der Waals surface area contributed by atoms with Crippen LogP contribution in [-0.4, -0.2) is 38.2 Å². The number of rotatable bonds is 4. The molecule has 7 nitrogen and oxygen atoms in total. The summed E-state index contributed by atoms with van der Waals surface area (Å²) < 4.78 is 5.56. The van der Waals surface area contributed by atoms with Crippen LogP contribution in [0.3, 0.4) is 0 Å². The molecule has 0 aliphatic carbocycles. The maximum Gasteiger partial charge on any atom is 0.251 e. The van der Waals surface area contributed by atoms with Gasteiger partial charge in [-0.25, -0.2) is 15.0 Å². The number of thioether (sulfide) groups is 1. The normalized spacial score (nSPS) is 13.4. The zero-order chi connectivity index (χ0) is 21.9. The summed E-state index contributed by atoms with van der Waals surface area (Å²) in [4.78, 5) is 31.0. The van der Waals surface area contributed by atoms with Gasteiger partial charge in [0.05, 0.1) is 42.4 Å². The van der Waals surface area contributed by atoms with Crippen molar-refractivity contribution in [2.75, 3.05) is 12.4 Å². The second-order valence-electron chi connectivity index (χ2n) is 7.18. The molecule has 0 unspecified atom stereocenters. The topological polar surface area (TPSA) is 89.9 Å². The number of benzene rings is 1. The number of halogens is 1. The van der Waals surface area contributed by atoms with Crippen molar-refractivity contribution >= 4 is 40.2 Å². The van der Waals surface area contributed by atoms with Crippen molar-refractivity contribution in [1.82, 2.24) is 25.3 Å². The lowest BCUT2D eigenvalue weighted by Gasteiger charge is -2.09. The number of hydrogen-bond acceptors (Lipinski definition) is 7. The van der Waals surface area contributed by atoms with Gasteiger partial charge in [0.15, 0.2) is 0 Å². The molecule has 0 spiro atoms. The number of hydrogen-bond donors (Lipinski definition) is 1. The van der Waals surface area contributed by atoms with Crippen LogP contribution in [-0.2, 0) is 17.9 Å². The maximum absolute atomic E-state index is 12.7. The fraction of sp³-hybridized carbons (Fsp3) is 0.174. The van der Waals surface area contributed by atoms with E-state index in [0.717, 1.165) is 27.1 Å². The van der Waals surface area contributed by atoms with Gasteiger partial charge in [0.1, 0.15) is 0 Å². The molecular weight excluding hydrogens is 446 g/mol. The van der Waals surface area contributed by atoms with Crippen LogP contribution in [0.2, 0.25) is 5.28 Å². The smallest absolute Gasteiger partial charge is 0.251 e. The van der Waals surface area contributed by atoms with Crippen molar-refractivity contribution in [3.05, 3.63) is 77.0 Å². The first-order valence-electron chi connectivity index (χ1n) is 10.0. The molecule has 160 valence electrons. The SMILES string of the molecule is O=C(NCc1cc2nc(-c3ccnc(Cl)n3)ccc2cn1)c1ccc2c(c1)SCCOC2. The molecule has 3 aromatic heterocycles. The van der Waals surface area contributed by atoms with E-state index < -0.39 is 0 Å². The summed E-state index contributed by atoms with van der Waals surface area (Å²) in [6.45, 7) is 1.60. The fourth-order valence-corrected chi connectivity index (χ4v) is 4.48. The van der Waals surface area contributed by atoms with E-state index in [4.69, 9.17) is 16.3 Å². The summed E-state index contributed by atoms with van der Waals surface area (Å²) in [6.07, 6.45) is 3.34. The minimum absolute atomic E-state index is 0.141. The number of amides is 1. The molecular formula is C23H18ClN5O2S. The van der Waals surface area contributed by atoms with Crippen LogP contribution in [0.25, 0.3) is 22.3 Å². The molecule has 4 heterocycles. The van der Waals surface area contributed by atoms with Crippen LogP contribution in [0.15, 0.2) is 59.8 Å². The average molecular weight is 464 g/mol. The Kier molecular flexibility index (Phi) is 5.98. The van der Waals surface area contributed by atoms with Crippen molar-refractivity contribution in [2.45, 2.75) is 18.0 Å². The Morgan fingerprint density at radius 2 is 2.00 bits per heavy atom. The molecule has 1 amide bonds. The van der Waals surface area contributed by atoms with E-state index in [1.807, 2.05) is 36.4 Å². The summed E-state index contributed by atoms with van der Waals surface area (Å²) >= 11 is 7.61. The van der Waals surface area contributed by atoms with Crippen molar-refractivity contribution in [1.29, 1.82) is 0 Å². The standard InChI is InChI=1S/C23H18ClN5O2S/c24-23-25-6-5-19(29-23)18-4-3-15-11-26-17(10-20(15)28-18)12-27-22(30)14-1-2-16-13-31-7-8-32-21(16)9-14/h1-6,9-11H,7-8,12-13H2,(H,27,30). The molecule has 1 N–H and O–H groups in total. The minimum Gasteiger partial charge on any atom is -0.376 e. The van der Waals surface area contributed by atoms with Gasteiger partial charge in [0.2, 0.25) is 5.28 Å². The predicted octanol–water partition coefficient (Wildman–Crippen LogP) is 4.29. The van der Waals surface area contributed by atoms with Gasteiger partial charge in [0, 0.05) is 34.0 Å². The predicted molar refractivity (Wildman–Crippen MR) is 124 cm³/mol. The zero-order valence-corrected chi connectivity index (χ0v) is 18.5. The van der Waals surface area contributed by atoms with Gasteiger partial charge in [-0.3, -0.25) is 9.78 Å². The molecule has 1 aromatic carbocycles. The molecule has 0 bridgehead atoms. The van der Waals surface area contributed by atoms with Crippen LogP contribution < -0.4 is 5.32 Å². The van der Waals surface area contributed by atoms with Crippen LogP contribution in [0.4, 0.5) is 0 Å². The highest BCUT2D eigenvalue weighted by Gasteiger charge is 2.13. The summed E-state index contributed by atoms with van der Waals surface area (Å²) in [7, 11) is 0. The Morgan fingerprint density at radius 1 is 1.09 bits per heavy atom. The van der Waals surface area contributed by atoms with Crippen molar-refractivity contribution in [2.24, 2.45) is 0 Å². The highest BCUT2D eigenvalue weighted by molar-refractivity contribution is 7.99. The van der Waals surface area contributed by atoms with Crippen LogP contribution in [0, 0.1) is 0 Å². The number of carbonyl (C=O) groups excluding carboxylic acids is 1. The molecule has 0 radical (unpaired) electrons. The van der Waals surface area contributed by atoms with E-state index in [2.05, 4.69) is 25.3 Å². The summed E-state index contributed by atoms with van der Waals surface area (Å²) in [5.41, 5.74) is 4.55. The van der Waals surface area contributed by atoms with E-state index in [1.54, 1.807) is 30.2 Å². The summed E-state index contributed by atoms with van der Waals surface area (Å²) in [6, 6.07) is 13.1. The Balaban J connectivity index is 1.33. The Bertz CT molecular complexity index is 1320. The van der Waals surface area contributed by atoms with Gasteiger partial charge in [-0.2, -0.15) is 0 Å². The molecule has 1 aliphatic rings. The maximum atomic E-state index is 12.7. The molecule has 1 aliphatic heterocycles. The number of carbonyl (C=O) groups is 1. The molecule has 0 fully saturated rings. The number of aromatic nitrogens is 4. The van der Waals surface area contributed by atoms with Gasteiger partial charge in [-0.05, 0) is 53.6 Å². The average Bonchev–Trinajstić information content (AvgIpc) is 3.07. The first-order chi connectivity index (χ1) is 15.7. The van der Waals surface area contributed by atoms with Crippen LogP contribution in [0.1, 0.15) is 21.6 Å². The van der Waals surface area contributed by atoms with Gasteiger partial charge >= 0.3 is 0 Å². The Hall–Kier alpha value is -3.07. The van der Waals surface area contributed by atoms with Crippen molar-refractivity contribution in [3.63, 3.8) is 0 Å².